The summed E-state index contributed by atoms with van der Waals surface area (Å²) in [6.07, 6.45) is 4.80. The Hall–Kier alpha value is 0.648. The standard InChI is InChI=1S/C7H13N.Pt/c1-6-4-2-3-5-7(6)8;/h6-8H,1-5H2;/q-2;+2/t6-,7-;/m1./s1. The zero-order valence-electron chi connectivity index (χ0n) is 5.51. The van der Waals surface area contributed by atoms with E-state index in [4.69, 9.17) is 5.73 Å². The first-order valence-corrected chi connectivity index (χ1v) is 3.35. The summed E-state index contributed by atoms with van der Waals surface area (Å²) in [5, 5.41) is 0. The van der Waals surface area contributed by atoms with E-state index in [2.05, 4.69) is 6.92 Å². The maximum absolute atomic E-state index is 7.42. The van der Waals surface area contributed by atoms with E-state index in [9.17, 15) is 0 Å². The zero-order chi connectivity index (χ0) is 5.98. The van der Waals surface area contributed by atoms with E-state index in [1.807, 2.05) is 0 Å². The Labute approximate surface area is 71.7 Å². The molecule has 9 heavy (non-hydrogen) atoms. The first-order valence-electron chi connectivity index (χ1n) is 3.35. The summed E-state index contributed by atoms with van der Waals surface area (Å²) >= 11 is 0. The van der Waals surface area contributed by atoms with Crippen molar-refractivity contribution in [3.8, 4) is 0 Å². The van der Waals surface area contributed by atoms with Gasteiger partial charge in [-0.2, -0.15) is 12.0 Å². The molecule has 0 spiro atoms. The van der Waals surface area contributed by atoms with Crippen LogP contribution in [-0.2, 0) is 21.1 Å². The van der Waals surface area contributed by atoms with E-state index in [0.29, 0.717) is 5.92 Å². The summed E-state index contributed by atoms with van der Waals surface area (Å²) in [6, 6.07) is 0.142. The summed E-state index contributed by atoms with van der Waals surface area (Å²) in [4.78, 5) is 0. The third-order valence-corrected chi connectivity index (χ3v) is 1.91. The van der Waals surface area contributed by atoms with Crippen molar-refractivity contribution < 1.29 is 21.1 Å². The van der Waals surface area contributed by atoms with Crippen LogP contribution >= 0.6 is 0 Å². The Morgan fingerprint density at radius 2 is 1.78 bits per heavy atom. The van der Waals surface area contributed by atoms with Gasteiger partial charge in [0.2, 0.25) is 0 Å². The zero-order valence-corrected chi connectivity index (χ0v) is 7.78. The topological polar surface area (TPSA) is 23.8 Å². The van der Waals surface area contributed by atoms with Crippen molar-refractivity contribution >= 4 is 0 Å². The fourth-order valence-corrected chi connectivity index (χ4v) is 1.21. The van der Waals surface area contributed by atoms with E-state index < -0.39 is 0 Å². The molecule has 2 heteroatoms. The average molecular weight is 306 g/mol. The predicted octanol–water partition coefficient (Wildman–Crippen LogP) is 2.43. The molecule has 0 radical (unpaired) electrons. The summed E-state index contributed by atoms with van der Waals surface area (Å²) < 4.78 is 0. The number of nitrogens with one attached hydrogen (secondary N) is 1. The number of hydrogen-bond donors (Lipinski definition) is 0. The summed E-state index contributed by atoms with van der Waals surface area (Å²) in [5.41, 5.74) is 7.42. The van der Waals surface area contributed by atoms with Crippen LogP contribution in [0.5, 0.6) is 0 Å². The summed E-state index contributed by atoms with van der Waals surface area (Å²) in [6.45, 7) is 3.89. The van der Waals surface area contributed by atoms with Crippen molar-refractivity contribution in [3.63, 3.8) is 0 Å². The molecule has 0 aromatic rings. The molecule has 0 amide bonds. The van der Waals surface area contributed by atoms with Crippen molar-refractivity contribution in [2.45, 2.75) is 31.7 Å². The van der Waals surface area contributed by atoms with Gasteiger partial charge in [0.15, 0.2) is 0 Å². The molecule has 0 aromatic heterocycles. The van der Waals surface area contributed by atoms with E-state index in [0.717, 1.165) is 6.42 Å². The molecule has 1 rings (SSSR count). The maximum Gasteiger partial charge on any atom is 2.00 e. The Kier molecular flexibility index (Phi) is 4.78. The van der Waals surface area contributed by atoms with Gasteiger partial charge >= 0.3 is 21.1 Å². The number of hydrogen-bond acceptors (Lipinski definition) is 0. The molecule has 2 atom stereocenters. The molecule has 1 aliphatic rings. The first kappa shape index (κ1) is 9.65. The van der Waals surface area contributed by atoms with Gasteiger partial charge in [0, 0.05) is 0 Å². The second-order valence-electron chi connectivity index (χ2n) is 2.65. The monoisotopic (exact) mass is 306 g/mol. The van der Waals surface area contributed by atoms with Gasteiger partial charge in [0.25, 0.3) is 0 Å². The minimum absolute atomic E-state index is 0. The molecule has 1 nitrogen and oxygen atoms in total. The Morgan fingerprint density at radius 3 is 2.11 bits per heavy atom. The van der Waals surface area contributed by atoms with Gasteiger partial charge in [-0.15, -0.1) is 0 Å². The molecule has 0 aliphatic heterocycles. The SMILES string of the molecule is [CH2-][C@@H]1CCCC[C@H]1[NH-].[Pt+2]. The van der Waals surface area contributed by atoms with Crippen LogP contribution < -0.4 is 0 Å². The molecule has 0 heterocycles. The maximum atomic E-state index is 7.42. The Bertz CT molecular complexity index is 65.3. The van der Waals surface area contributed by atoms with E-state index >= 15 is 0 Å². The van der Waals surface area contributed by atoms with E-state index in [1.165, 1.54) is 19.3 Å². The average Bonchev–Trinajstić information content (AvgIpc) is 1.77. The molecule has 0 aromatic carbocycles. The third-order valence-electron chi connectivity index (χ3n) is 1.91. The largest absolute Gasteiger partial charge is 2.00 e. The van der Waals surface area contributed by atoms with Crippen LogP contribution in [0.15, 0.2) is 0 Å². The molecular formula is C7H13NPt. The van der Waals surface area contributed by atoms with Crippen molar-refractivity contribution in [3.05, 3.63) is 12.7 Å². The first-order chi connectivity index (χ1) is 3.80. The fraction of sp³-hybridized carbons (Fsp3) is 0.857. The van der Waals surface area contributed by atoms with E-state index in [1.54, 1.807) is 0 Å². The quantitative estimate of drug-likeness (QED) is 0.614. The van der Waals surface area contributed by atoms with Crippen LogP contribution in [0, 0.1) is 12.8 Å². The summed E-state index contributed by atoms with van der Waals surface area (Å²) in [5.74, 6) is 0.420. The van der Waals surface area contributed by atoms with Gasteiger partial charge in [-0.25, -0.2) is 0 Å². The molecular weight excluding hydrogens is 293 g/mol. The molecule has 0 saturated heterocycles. The fourth-order valence-electron chi connectivity index (χ4n) is 1.21. The third kappa shape index (κ3) is 2.82. The Balaban J connectivity index is 0.000000640. The van der Waals surface area contributed by atoms with Crippen molar-refractivity contribution in [2.24, 2.45) is 5.92 Å². The second kappa shape index (κ2) is 4.46. The second-order valence-corrected chi connectivity index (χ2v) is 2.65. The molecule has 0 bridgehead atoms. The molecule has 56 valence electrons. The van der Waals surface area contributed by atoms with Gasteiger partial charge in [-0.1, -0.05) is 25.7 Å². The minimum Gasteiger partial charge on any atom is -0.677 e. The van der Waals surface area contributed by atoms with Crippen LogP contribution in [0.4, 0.5) is 0 Å². The van der Waals surface area contributed by atoms with Gasteiger partial charge in [-0.05, 0) is 0 Å². The molecule has 1 fully saturated rings. The van der Waals surface area contributed by atoms with Crippen molar-refractivity contribution in [1.82, 2.24) is 0 Å². The van der Waals surface area contributed by atoms with Crippen LogP contribution in [0.25, 0.3) is 5.73 Å². The van der Waals surface area contributed by atoms with Gasteiger partial charge < -0.3 is 12.7 Å². The smallest absolute Gasteiger partial charge is 0.677 e. The van der Waals surface area contributed by atoms with Gasteiger partial charge in [0.1, 0.15) is 0 Å². The van der Waals surface area contributed by atoms with Crippen LogP contribution in [0.3, 0.4) is 0 Å². The van der Waals surface area contributed by atoms with Crippen LogP contribution in [0.2, 0.25) is 0 Å². The van der Waals surface area contributed by atoms with Crippen molar-refractivity contribution in [1.29, 1.82) is 0 Å². The minimum atomic E-state index is 0. The normalized spacial score (nSPS) is 35.3. The van der Waals surface area contributed by atoms with Crippen LogP contribution in [-0.4, -0.2) is 6.04 Å². The molecule has 0 unspecified atom stereocenters. The molecule has 1 saturated carbocycles. The number of rotatable bonds is 0. The van der Waals surface area contributed by atoms with Crippen LogP contribution in [0.1, 0.15) is 25.7 Å². The molecule has 1 N–H and O–H groups in total. The predicted molar refractivity (Wildman–Crippen MR) is 35.4 cm³/mol. The molecule has 1 aliphatic carbocycles. The summed E-state index contributed by atoms with van der Waals surface area (Å²) in [7, 11) is 0. The van der Waals surface area contributed by atoms with Gasteiger partial charge in [-0.3, -0.25) is 0 Å². The van der Waals surface area contributed by atoms with Crippen molar-refractivity contribution in [2.75, 3.05) is 0 Å². The Morgan fingerprint density at radius 1 is 1.22 bits per heavy atom. The van der Waals surface area contributed by atoms with Gasteiger partial charge in [0.05, 0.1) is 0 Å². The van der Waals surface area contributed by atoms with E-state index in [-0.39, 0.29) is 27.1 Å².